The first-order valence-electron chi connectivity index (χ1n) is 7.58. The maximum atomic E-state index is 12.9. The van der Waals surface area contributed by atoms with Crippen molar-refractivity contribution in [2.75, 3.05) is 5.73 Å². The third-order valence-electron chi connectivity index (χ3n) is 3.93. The van der Waals surface area contributed by atoms with E-state index in [1.54, 1.807) is 18.4 Å². The SMILES string of the molecule is Cc1cc(-c2ccco2)c2c(N)c(C(=O)c3ccc(Br)cc3)sc2n1. The second-order valence-electron chi connectivity index (χ2n) is 5.65. The normalized spacial score (nSPS) is 11.1. The Kier molecular flexibility index (Phi) is 3.94. The number of hydrogen-bond acceptors (Lipinski definition) is 5. The second kappa shape index (κ2) is 6.13. The number of furan rings is 1. The van der Waals surface area contributed by atoms with Gasteiger partial charge in [0.1, 0.15) is 15.5 Å². The summed E-state index contributed by atoms with van der Waals surface area (Å²) in [7, 11) is 0. The molecule has 0 unspecified atom stereocenters. The van der Waals surface area contributed by atoms with Gasteiger partial charge in [-0.2, -0.15) is 0 Å². The van der Waals surface area contributed by atoms with E-state index >= 15 is 0 Å². The zero-order valence-electron chi connectivity index (χ0n) is 13.2. The number of nitrogens with zero attached hydrogens (tertiary/aromatic N) is 1. The molecule has 0 aliphatic rings. The molecule has 4 nitrogen and oxygen atoms in total. The number of fused-ring (bicyclic) bond motifs is 1. The first kappa shape index (κ1) is 16.1. The van der Waals surface area contributed by atoms with E-state index in [0.29, 0.717) is 21.9 Å². The van der Waals surface area contributed by atoms with Crippen molar-refractivity contribution in [1.82, 2.24) is 4.98 Å². The monoisotopic (exact) mass is 412 g/mol. The fourth-order valence-corrected chi connectivity index (χ4v) is 4.16. The number of anilines is 1. The van der Waals surface area contributed by atoms with Crippen LogP contribution in [-0.2, 0) is 0 Å². The number of hydrogen-bond donors (Lipinski definition) is 1. The third kappa shape index (κ3) is 2.77. The Balaban J connectivity index is 1.92. The van der Waals surface area contributed by atoms with Crippen LogP contribution in [0, 0.1) is 6.92 Å². The molecule has 3 heterocycles. The molecule has 25 heavy (non-hydrogen) atoms. The van der Waals surface area contributed by atoms with Gasteiger partial charge < -0.3 is 10.2 Å². The average Bonchev–Trinajstić information content (AvgIpc) is 3.23. The molecule has 0 fully saturated rings. The van der Waals surface area contributed by atoms with E-state index in [1.165, 1.54) is 11.3 Å². The van der Waals surface area contributed by atoms with Crippen molar-refractivity contribution in [1.29, 1.82) is 0 Å². The van der Waals surface area contributed by atoms with Gasteiger partial charge in [0.25, 0.3) is 0 Å². The molecule has 0 bridgehead atoms. The lowest BCUT2D eigenvalue weighted by Crippen LogP contribution is -2.02. The molecule has 0 radical (unpaired) electrons. The number of halogens is 1. The van der Waals surface area contributed by atoms with Crippen molar-refractivity contribution >= 4 is 49.0 Å². The predicted molar refractivity (Wildman–Crippen MR) is 104 cm³/mol. The van der Waals surface area contributed by atoms with Gasteiger partial charge >= 0.3 is 0 Å². The fourth-order valence-electron chi connectivity index (χ4n) is 2.77. The van der Waals surface area contributed by atoms with Crippen LogP contribution in [0.3, 0.4) is 0 Å². The van der Waals surface area contributed by atoms with Crippen molar-refractivity contribution in [2.45, 2.75) is 6.92 Å². The largest absolute Gasteiger partial charge is 0.464 e. The molecule has 2 N–H and O–H groups in total. The van der Waals surface area contributed by atoms with E-state index in [1.807, 2.05) is 37.3 Å². The van der Waals surface area contributed by atoms with Gasteiger partial charge in [0.05, 0.1) is 12.0 Å². The lowest BCUT2D eigenvalue weighted by atomic mass is 10.0. The molecule has 0 atom stereocenters. The number of ketones is 1. The first-order chi connectivity index (χ1) is 12.0. The summed E-state index contributed by atoms with van der Waals surface area (Å²) in [5.74, 6) is 0.610. The van der Waals surface area contributed by atoms with Gasteiger partial charge in [0.2, 0.25) is 5.78 Å². The average molecular weight is 413 g/mol. The van der Waals surface area contributed by atoms with Crippen molar-refractivity contribution in [2.24, 2.45) is 0 Å². The highest BCUT2D eigenvalue weighted by molar-refractivity contribution is 9.10. The quantitative estimate of drug-likeness (QED) is 0.454. The Morgan fingerprint density at radius 3 is 2.68 bits per heavy atom. The minimum atomic E-state index is -0.101. The minimum absolute atomic E-state index is 0.101. The maximum Gasteiger partial charge on any atom is 0.205 e. The first-order valence-corrected chi connectivity index (χ1v) is 9.19. The van der Waals surface area contributed by atoms with E-state index < -0.39 is 0 Å². The summed E-state index contributed by atoms with van der Waals surface area (Å²) in [6.45, 7) is 1.91. The van der Waals surface area contributed by atoms with E-state index in [9.17, 15) is 4.79 Å². The molecular weight excluding hydrogens is 400 g/mol. The number of nitrogens with two attached hydrogens (primary N) is 1. The summed E-state index contributed by atoms with van der Waals surface area (Å²) < 4.78 is 6.46. The number of carbonyl (C=O) groups excluding carboxylic acids is 1. The highest BCUT2D eigenvalue weighted by atomic mass is 79.9. The zero-order valence-corrected chi connectivity index (χ0v) is 15.6. The lowest BCUT2D eigenvalue weighted by Gasteiger charge is -2.03. The third-order valence-corrected chi connectivity index (χ3v) is 5.55. The predicted octanol–water partition coefficient (Wildman–Crippen LogP) is 5.44. The van der Waals surface area contributed by atoms with Crippen LogP contribution in [0.4, 0.5) is 5.69 Å². The molecule has 0 saturated carbocycles. The molecule has 0 aliphatic heterocycles. The molecule has 0 saturated heterocycles. The lowest BCUT2D eigenvalue weighted by molar-refractivity contribution is 0.104. The van der Waals surface area contributed by atoms with Crippen molar-refractivity contribution in [3.05, 3.63) is 69.3 Å². The van der Waals surface area contributed by atoms with E-state index in [-0.39, 0.29) is 5.78 Å². The van der Waals surface area contributed by atoms with Gasteiger partial charge in [-0.3, -0.25) is 4.79 Å². The van der Waals surface area contributed by atoms with Gasteiger partial charge in [-0.05, 0) is 49.4 Å². The standard InChI is InChI=1S/C19H13BrN2O2S/c1-10-9-13(14-3-2-8-24-14)15-16(21)18(25-19(15)22-10)17(23)11-4-6-12(20)7-5-11/h2-9H,21H2,1H3. The van der Waals surface area contributed by atoms with E-state index in [0.717, 1.165) is 25.9 Å². The van der Waals surface area contributed by atoms with E-state index in [4.69, 9.17) is 10.2 Å². The minimum Gasteiger partial charge on any atom is -0.464 e. The van der Waals surface area contributed by atoms with Crippen molar-refractivity contribution in [3.8, 4) is 11.3 Å². The van der Waals surface area contributed by atoms with Crippen LogP contribution >= 0.6 is 27.3 Å². The Labute approximate surface area is 156 Å². The molecule has 124 valence electrons. The van der Waals surface area contributed by atoms with Crippen LogP contribution < -0.4 is 5.73 Å². The highest BCUT2D eigenvalue weighted by Crippen LogP contribution is 2.40. The number of aryl methyl sites for hydroxylation is 1. The number of pyridine rings is 1. The van der Waals surface area contributed by atoms with Gasteiger partial charge in [0, 0.05) is 26.7 Å². The number of aromatic nitrogens is 1. The molecule has 0 amide bonds. The van der Waals surface area contributed by atoms with Crippen LogP contribution in [0.25, 0.3) is 21.5 Å². The maximum absolute atomic E-state index is 12.9. The summed E-state index contributed by atoms with van der Waals surface area (Å²) in [4.78, 5) is 18.7. The Morgan fingerprint density at radius 1 is 1.24 bits per heavy atom. The van der Waals surface area contributed by atoms with Crippen LogP contribution in [0.5, 0.6) is 0 Å². The Hall–Kier alpha value is -2.44. The Morgan fingerprint density at radius 2 is 2.00 bits per heavy atom. The summed E-state index contributed by atoms with van der Waals surface area (Å²) in [6, 6.07) is 12.9. The highest BCUT2D eigenvalue weighted by Gasteiger charge is 2.22. The summed E-state index contributed by atoms with van der Waals surface area (Å²) in [5.41, 5.74) is 9.12. The number of benzene rings is 1. The number of nitrogen functional groups attached to an aromatic ring is 1. The molecule has 4 aromatic rings. The molecule has 3 aromatic heterocycles. The van der Waals surface area contributed by atoms with E-state index in [2.05, 4.69) is 20.9 Å². The summed E-state index contributed by atoms with van der Waals surface area (Å²) >= 11 is 4.70. The van der Waals surface area contributed by atoms with Crippen LogP contribution in [-0.4, -0.2) is 10.8 Å². The van der Waals surface area contributed by atoms with Crippen LogP contribution in [0.2, 0.25) is 0 Å². The summed E-state index contributed by atoms with van der Waals surface area (Å²) in [6.07, 6.45) is 1.62. The fraction of sp³-hybridized carbons (Fsp3) is 0.0526. The van der Waals surface area contributed by atoms with Gasteiger partial charge in [-0.25, -0.2) is 4.98 Å². The van der Waals surface area contributed by atoms with Gasteiger partial charge in [0.15, 0.2) is 0 Å². The second-order valence-corrected chi connectivity index (χ2v) is 7.56. The topological polar surface area (TPSA) is 69.1 Å². The number of carbonyl (C=O) groups is 1. The molecule has 0 aliphatic carbocycles. The Bertz CT molecular complexity index is 1080. The van der Waals surface area contributed by atoms with Crippen LogP contribution in [0.1, 0.15) is 20.9 Å². The van der Waals surface area contributed by atoms with Crippen LogP contribution in [0.15, 0.2) is 57.6 Å². The number of rotatable bonds is 3. The smallest absolute Gasteiger partial charge is 0.205 e. The molecular formula is C19H13BrN2O2S. The molecule has 6 heteroatoms. The summed E-state index contributed by atoms with van der Waals surface area (Å²) in [5, 5.41) is 0.769. The van der Waals surface area contributed by atoms with Gasteiger partial charge in [-0.15, -0.1) is 11.3 Å². The zero-order chi connectivity index (χ0) is 17.6. The van der Waals surface area contributed by atoms with Gasteiger partial charge in [-0.1, -0.05) is 15.9 Å². The van der Waals surface area contributed by atoms with Crippen molar-refractivity contribution < 1.29 is 9.21 Å². The molecule has 1 aromatic carbocycles. The molecule has 4 rings (SSSR count). The number of thiophene rings is 1. The molecule has 0 spiro atoms. The van der Waals surface area contributed by atoms with Crippen molar-refractivity contribution in [3.63, 3.8) is 0 Å².